The lowest BCUT2D eigenvalue weighted by atomic mass is 9.64. The van der Waals surface area contributed by atoms with Crippen LogP contribution in [0.4, 0.5) is 17.1 Å². The summed E-state index contributed by atoms with van der Waals surface area (Å²) < 4.78 is 2.38. The molecule has 0 amide bonds. The van der Waals surface area contributed by atoms with Crippen LogP contribution in [0.2, 0.25) is 5.02 Å². The maximum atomic E-state index is 6.87. The van der Waals surface area contributed by atoms with Gasteiger partial charge in [0.05, 0.1) is 32.8 Å². The topological polar surface area (TPSA) is 8.17 Å². The number of anilines is 3. The summed E-state index contributed by atoms with van der Waals surface area (Å²) in [6.07, 6.45) is 0. The van der Waals surface area contributed by atoms with Crippen molar-refractivity contribution in [2.24, 2.45) is 0 Å². The third kappa shape index (κ3) is 3.21. The van der Waals surface area contributed by atoms with Crippen molar-refractivity contribution in [3.63, 3.8) is 0 Å². The Bertz CT molecular complexity index is 2460. The van der Waals surface area contributed by atoms with Gasteiger partial charge < -0.3 is 9.47 Å². The maximum Gasteiger partial charge on any atom is 0.0755 e. The van der Waals surface area contributed by atoms with E-state index in [1.165, 1.54) is 44.8 Å². The van der Waals surface area contributed by atoms with E-state index in [9.17, 15) is 0 Å². The lowest BCUT2D eigenvalue weighted by molar-refractivity contribution is 0.752. The Morgan fingerprint density at radius 2 is 1.04 bits per heavy atom. The fraction of sp³-hybridized carbons (Fsp3) is 0.0233. The average molecular weight is 607 g/mol. The van der Waals surface area contributed by atoms with Gasteiger partial charge in [-0.25, -0.2) is 0 Å². The van der Waals surface area contributed by atoms with E-state index in [0.717, 1.165) is 38.2 Å². The highest BCUT2D eigenvalue weighted by atomic mass is 35.5. The summed E-state index contributed by atoms with van der Waals surface area (Å²) in [6, 6.07) is 59.5. The number of nitrogens with zero attached hydrogens (tertiary/aromatic N) is 2. The molecule has 8 aromatic rings. The van der Waals surface area contributed by atoms with E-state index in [0.29, 0.717) is 0 Å². The number of rotatable bonds is 2. The van der Waals surface area contributed by atoms with Gasteiger partial charge in [0.15, 0.2) is 0 Å². The fourth-order valence-corrected chi connectivity index (χ4v) is 8.61. The number of benzene rings is 7. The average Bonchev–Trinajstić information content (AvgIpc) is 3.60. The molecule has 46 heavy (non-hydrogen) atoms. The van der Waals surface area contributed by atoms with Gasteiger partial charge in [0.1, 0.15) is 0 Å². The molecule has 7 aromatic carbocycles. The van der Waals surface area contributed by atoms with Crippen LogP contribution in [0, 0.1) is 0 Å². The minimum absolute atomic E-state index is 0.503. The quantitative estimate of drug-likeness (QED) is 0.190. The Morgan fingerprint density at radius 3 is 1.83 bits per heavy atom. The van der Waals surface area contributed by atoms with Crippen LogP contribution in [-0.2, 0) is 5.41 Å². The molecule has 0 saturated carbocycles. The number of fused-ring (bicyclic) bond motifs is 12. The number of para-hydroxylation sites is 4. The van der Waals surface area contributed by atoms with Crippen LogP contribution in [0.5, 0.6) is 0 Å². The zero-order valence-corrected chi connectivity index (χ0v) is 25.6. The molecule has 1 aliphatic carbocycles. The molecule has 2 nitrogen and oxygen atoms in total. The number of hydrogen-bond acceptors (Lipinski definition) is 1. The van der Waals surface area contributed by atoms with Crippen molar-refractivity contribution in [2.45, 2.75) is 5.41 Å². The summed E-state index contributed by atoms with van der Waals surface area (Å²) >= 11 is 6.87. The Hall–Kier alpha value is -5.57. The van der Waals surface area contributed by atoms with Gasteiger partial charge in [-0.2, -0.15) is 0 Å². The summed E-state index contributed by atoms with van der Waals surface area (Å²) in [5, 5.41) is 3.02. The lowest BCUT2D eigenvalue weighted by Gasteiger charge is -2.45. The van der Waals surface area contributed by atoms with Gasteiger partial charge in [0, 0.05) is 22.1 Å². The highest BCUT2D eigenvalue weighted by Crippen LogP contribution is 2.63. The molecule has 0 radical (unpaired) electrons. The van der Waals surface area contributed by atoms with Crippen LogP contribution >= 0.6 is 11.6 Å². The van der Waals surface area contributed by atoms with Crippen molar-refractivity contribution in [3.05, 3.63) is 191 Å². The molecule has 216 valence electrons. The molecule has 1 spiro atoms. The zero-order valence-electron chi connectivity index (χ0n) is 24.9. The number of halogens is 1. The first-order valence-corrected chi connectivity index (χ1v) is 16.1. The molecule has 0 saturated heterocycles. The normalized spacial score (nSPS) is 13.9. The fourth-order valence-electron chi connectivity index (χ4n) is 8.34. The molecule has 1 aromatic heterocycles. The van der Waals surface area contributed by atoms with Crippen LogP contribution < -0.4 is 4.90 Å². The zero-order chi connectivity index (χ0) is 30.4. The minimum Gasteiger partial charge on any atom is -0.310 e. The minimum atomic E-state index is -0.503. The molecule has 0 fully saturated rings. The smallest absolute Gasteiger partial charge is 0.0755 e. The predicted octanol–water partition coefficient (Wildman–Crippen LogP) is 11.6. The van der Waals surface area contributed by atoms with Gasteiger partial charge in [-0.05, 0) is 88.0 Å². The second-order valence-corrected chi connectivity index (χ2v) is 12.6. The highest BCUT2D eigenvalue weighted by Gasteiger charge is 2.51. The van der Waals surface area contributed by atoms with Crippen molar-refractivity contribution >= 4 is 50.5 Å². The third-order valence-electron chi connectivity index (χ3n) is 10.0. The van der Waals surface area contributed by atoms with Crippen molar-refractivity contribution in [1.29, 1.82) is 0 Å². The van der Waals surface area contributed by atoms with E-state index in [-0.39, 0.29) is 0 Å². The molecule has 3 heteroatoms. The third-order valence-corrected chi connectivity index (χ3v) is 10.4. The molecule has 0 bridgehead atoms. The first-order chi connectivity index (χ1) is 22.8. The summed E-state index contributed by atoms with van der Waals surface area (Å²) in [6.45, 7) is 0. The number of aromatic nitrogens is 1. The first-order valence-electron chi connectivity index (χ1n) is 15.7. The molecular formula is C43H27ClN2. The summed E-state index contributed by atoms with van der Waals surface area (Å²) in [4.78, 5) is 2.43. The van der Waals surface area contributed by atoms with Crippen molar-refractivity contribution in [3.8, 4) is 16.8 Å². The van der Waals surface area contributed by atoms with Gasteiger partial charge >= 0.3 is 0 Å². The molecule has 0 N–H and O–H groups in total. The lowest BCUT2D eigenvalue weighted by Crippen LogP contribution is -2.36. The van der Waals surface area contributed by atoms with E-state index in [4.69, 9.17) is 11.6 Å². The van der Waals surface area contributed by atoms with Gasteiger partial charge in [-0.15, -0.1) is 0 Å². The summed E-state index contributed by atoms with van der Waals surface area (Å²) in [5.74, 6) is 0. The Balaban J connectivity index is 1.34. The van der Waals surface area contributed by atoms with Crippen LogP contribution in [-0.4, -0.2) is 4.57 Å². The highest BCUT2D eigenvalue weighted by molar-refractivity contribution is 6.38. The molecule has 0 atom stereocenters. The van der Waals surface area contributed by atoms with Crippen molar-refractivity contribution < 1.29 is 0 Å². The van der Waals surface area contributed by atoms with Gasteiger partial charge in [-0.3, -0.25) is 0 Å². The maximum absolute atomic E-state index is 6.87. The molecule has 2 aliphatic rings. The largest absolute Gasteiger partial charge is 0.310 e. The monoisotopic (exact) mass is 606 g/mol. The van der Waals surface area contributed by atoms with E-state index in [1.807, 2.05) is 6.07 Å². The van der Waals surface area contributed by atoms with Gasteiger partial charge in [-0.1, -0.05) is 121 Å². The van der Waals surface area contributed by atoms with Crippen LogP contribution in [0.15, 0.2) is 164 Å². The predicted molar refractivity (Wildman–Crippen MR) is 191 cm³/mol. The number of hydrogen-bond donors (Lipinski definition) is 0. The molecule has 0 unspecified atom stereocenters. The van der Waals surface area contributed by atoms with Crippen molar-refractivity contribution in [2.75, 3.05) is 4.90 Å². The first kappa shape index (κ1) is 25.7. The second-order valence-electron chi connectivity index (χ2n) is 12.2. The van der Waals surface area contributed by atoms with Crippen LogP contribution in [0.1, 0.15) is 22.3 Å². The Labute approximate surface area is 272 Å². The standard InChI is InChI=1S/C43H27ClN2/c44-37-20-12-24-41-42(37)32-16-5-9-21-38(32)46(41)29-25-26-31-30-15-4-6-17-33(30)43(36(31)27-29)34-18-7-10-22-39(34)45(28-13-2-1-3-14-28)40-23-11-8-19-35(40)43/h1-27H. The summed E-state index contributed by atoms with van der Waals surface area (Å²) in [7, 11) is 0. The van der Waals surface area contributed by atoms with Crippen molar-refractivity contribution in [1.82, 2.24) is 4.57 Å². The van der Waals surface area contributed by atoms with Crippen LogP contribution in [0.25, 0.3) is 38.6 Å². The van der Waals surface area contributed by atoms with E-state index in [1.54, 1.807) is 0 Å². The SMILES string of the molecule is Clc1cccc2c1c1ccccc1n2-c1ccc2c(c1)C1(c3ccccc3-2)c2ccccc2N(c2ccccc2)c2ccccc21. The van der Waals surface area contributed by atoms with Crippen LogP contribution in [0.3, 0.4) is 0 Å². The summed E-state index contributed by atoms with van der Waals surface area (Å²) in [5.41, 5.74) is 14.2. The molecule has 2 heterocycles. The van der Waals surface area contributed by atoms with E-state index >= 15 is 0 Å². The van der Waals surface area contributed by atoms with Gasteiger partial charge in [0.25, 0.3) is 0 Å². The molecule has 10 rings (SSSR count). The van der Waals surface area contributed by atoms with Gasteiger partial charge in [0.2, 0.25) is 0 Å². The molecule has 1 aliphatic heterocycles. The van der Waals surface area contributed by atoms with E-state index < -0.39 is 5.41 Å². The molecular weight excluding hydrogens is 580 g/mol. The van der Waals surface area contributed by atoms with E-state index in [2.05, 4.69) is 167 Å². The Morgan fingerprint density at radius 1 is 0.435 bits per heavy atom. The second kappa shape index (κ2) is 9.47. The Kier molecular flexibility index (Phi) is 5.29.